The van der Waals surface area contributed by atoms with Crippen molar-refractivity contribution in [1.82, 2.24) is 0 Å². The lowest BCUT2D eigenvalue weighted by Crippen LogP contribution is -2.07. The van der Waals surface area contributed by atoms with E-state index in [1.54, 1.807) is 30.4 Å². The van der Waals surface area contributed by atoms with Crippen LogP contribution in [0, 0.1) is 11.3 Å². The highest BCUT2D eigenvalue weighted by molar-refractivity contribution is 5.76. The largest absolute Gasteiger partial charge is 0.369 e. The Bertz CT molecular complexity index is 402. The van der Waals surface area contributed by atoms with E-state index in [0.29, 0.717) is 5.56 Å². The highest BCUT2D eigenvalue weighted by atomic mass is 16.1. The quantitative estimate of drug-likeness (QED) is 0.776. The molecule has 0 fully saturated rings. The van der Waals surface area contributed by atoms with E-state index in [0.717, 1.165) is 5.56 Å². The van der Waals surface area contributed by atoms with Gasteiger partial charge in [0.2, 0.25) is 5.91 Å². The van der Waals surface area contributed by atoms with Crippen molar-refractivity contribution in [2.24, 2.45) is 5.73 Å². The number of amides is 1. The lowest BCUT2D eigenvalue weighted by atomic mass is 10.1. The summed E-state index contributed by atoms with van der Waals surface area (Å²) in [6, 6.07) is 9.17. The fourth-order valence-electron chi connectivity index (χ4n) is 1.02. The van der Waals surface area contributed by atoms with Gasteiger partial charge in [0.25, 0.3) is 0 Å². The predicted molar refractivity (Wildman–Crippen MR) is 54.0 cm³/mol. The van der Waals surface area contributed by atoms with E-state index in [-0.39, 0.29) is 12.3 Å². The van der Waals surface area contributed by atoms with Gasteiger partial charge < -0.3 is 5.73 Å². The Morgan fingerprint density at radius 3 is 3.00 bits per heavy atom. The Morgan fingerprint density at radius 2 is 2.36 bits per heavy atom. The maximum absolute atomic E-state index is 10.4. The number of rotatable bonds is 3. The van der Waals surface area contributed by atoms with Gasteiger partial charge in [0.05, 0.1) is 11.6 Å². The fourth-order valence-corrected chi connectivity index (χ4v) is 1.02. The zero-order valence-electron chi connectivity index (χ0n) is 7.60. The molecular formula is C11H10N2O. The summed E-state index contributed by atoms with van der Waals surface area (Å²) < 4.78 is 0. The maximum atomic E-state index is 10.4. The van der Waals surface area contributed by atoms with Crippen LogP contribution < -0.4 is 5.73 Å². The molecule has 0 aliphatic carbocycles. The van der Waals surface area contributed by atoms with Crippen molar-refractivity contribution in [1.29, 1.82) is 5.26 Å². The zero-order chi connectivity index (χ0) is 10.4. The Labute approximate surface area is 82.5 Å². The average Bonchev–Trinajstić information content (AvgIpc) is 2.18. The van der Waals surface area contributed by atoms with E-state index < -0.39 is 0 Å². The van der Waals surface area contributed by atoms with Gasteiger partial charge in [-0.1, -0.05) is 24.3 Å². The van der Waals surface area contributed by atoms with E-state index in [9.17, 15) is 4.79 Å². The predicted octanol–water partition coefficient (Wildman–Crippen LogP) is 1.45. The number of nitriles is 1. The molecule has 0 atom stereocenters. The van der Waals surface area contributed by atoms with Crippen LogP contribution in [0.1, 0.15) is 17.5 Å². The Hall–Kier alpha value is -2.08. The van der Waals surface area contributed by atoms with Crippen LogP contribution in [0.25, 0.3) is 6.08 Å². The molecule has 14 heavy (non-hydrogen) atoms. The molecule has 0 spiro atoms. The van der Waals surface area contributed by atoms with E-state index in [2.05, 4.69) is 0 Å². The second-order valence-corrected chi connectivity index (χ2v) is 2.81. The summed E-state index contributed by atoms with van der Waals surface area (Å²) in [5, 5.41) is 8.63. The molecule has 1 aromatic carbocycles. The normalized spacial score (nSPS) is 9.93. The van der Waals surface area contributed by atoms with Crippen molar-refractivity contribution < 1.29 is 4.79 Å². The van der Waals surface area contributed by atoms with Crippen LogP contribution in [-0.2, 0) is 4.79 Å². The molecule has 0 aromatic heterocycles. The van der Waals surface area contributed by atoms with Gasteiger partial charge in [0.15, 0.2) is 0 Å². The number of hydrogen-bond acceptors (Lipinski definition) is 2. The first-order valence-electron chi connectivity index (χ1n) is 4.17. The van der Waals surface area contributed by atoms with Crippen LogP contribution in [-0.4, -0.2) is 5.91 Å². The summed E-state index contributed by atoms with van der Waals surface area (Å²) in [5.74, 6) is -0.363. The van der Waals surface area contributed by atoms with E-state index in [1.807, 2.05) is 12.1 Å². The first kappa shape index (κ1) is 10.0. The minimum atomic E-state index is -0.363. The summed E-state index contributed by atoms with van der Waals surface area (Å²) in [6.07, 6.45) is 3.67. The highest BCUT2D eigenvalue weighted by Crippen LogP contribution is 2.06. The molecule has 1 rings (SSSR count). The van der Waals surface area contributed by atoms with Gasteiger partial charge in [0.1, 0.15) is 0 Å². The number of benzene rings is 1. The first-order chi connectivity index (χ1) is 6.72. The van der Waals surface area contributed by atoms with Crippen molar-refractivity contribution in [3.8, 4) is 6.07 Å². The van der Waals surface area contributed by atoms with Gasteiger partial charge >= 0.3 is 0 Å². The zero-order valence-corrected chi connectivity index (χ0v) is 7.60. The molecule has 0 saturated carbocycles. The number of primary amides is 1. The molecule has 3 heteroatoms. The van der Waals surface area contributed by atoms with Crippen molar-refractivity contribution in [2.75, 3.05) is 0 Å². The number of hydrogen-bond donors (Lipinski definition) is 1. The third-order valence-electron chi connectivity index (χ3n) is 1.65. The lowest BCUT2D eigenvalue weighted by molar-refractivity contribution is -0.117. The Morgan fingerprint density at radius 1 is 1.57 bits per heavy atom. The van der Waals surface area contributed by atoms with Crippen LogP contribution >= 0.6 is 0 Å². The molecule has 2 N–H and O–H groups in total. The molecule has 1 aromatic rings. The van der Waals surface area contributed by atoms with Crippen molar-refractivity contribution >= 4 is 12.0 Å². The van der Waals surface area contributed by atoms with E-state index in [1.165, 1.54) is 0 Å². The molecule has 0 aliphatic rings. The maximum Gasteiger partial charge on any atom is 0.221 e. The van der Waals surface area contributed by atoms with Gasteiger partial charge in [-0.2, -0.15) is 5.26 Å². The third kappa shape index (κ3) is 3.11. The Balaban J connectivity index is 2.72. The molecule has 0 heterocycles. The molecule has 0 radical (unpaired) electrons. The monoisotopic (exact) mass is 186 g/mol. The van der Waals surface area contributed by atoms with Crippen LogP contribution in [0.4, 0.5) is 0 Å². The van der Waals surface area contributed by atoms with Crippen molar-refractivity contribution in [3.05, 3.63) is 41.5 Å². The molecule has 0 unspecified atom stereocenters. The number of carbonyl (C=O) groups excluding carboxylic acids is 1. The molecule has 0 aliphatic heterocycles. The summed E-state index contributed by atoms with van der Waals surface area (Å²) in [4.78, 5) is 10.4. The van der Waals surface area contributed by atoms with E-state index in [4.69, 9.17) is 11.0 Å². The van der Waals surface area contributed by atoms with Gasteiger partial charge in [-0.3, -0.25) is 4.79 Å². The fraction of sp³-hybridized carbons (Fsp3) is 0.0909. The highest BCUT2D eigenvalue weighted by Gasteiger charge is 1.91. The second kappa shape index (κ2) is 4.83. The number of carbonyl (C=O) groups is 1. The van der Waals surface area contributed by atoms with Crippen LogP contribution in [0.15, 0.2) is 30.3 Å². The minimum Gasteiger partial charge on any atom is -0.369 e. The average molecular weight is 186 g/mol. The third-order valence-corrected chi connectivity index (χ3v) is 1.65. The summed E-state index contributed by atoms with van der Waals surface area (Å²) in [5.41, 5.74) is 6.47. The molecule has 3 nitrogen and oxygen atoms in total. The van der Waals surface area contributed by atoms with Gasteiger partial charge in [-0.25, -0.2) is 0 Å². The molecule has 70 valence electrons. The van der Waals surface area contributed by atoms with Gasteiger partial charge in [-0.05, 0) is 17.7 Å². The summed E-state index contributed by atoms with van der Waals surface area (Å²) in [6.45, 7) is 0. The second-order valence-electron chi connectivity index (χ2n) is 2.81. The standard InChI is InChI=1S/C11H10N2O/c12-8-10-5-1-3-9(7-10)4-2-6-11(13)14/h1-5,7H,6H2,(H2,13,14). The molecule has 1 amide bonds. The SMILES string of the molecule is N#Cc1cccc(C=CCC(N)=O)c1. The molecule has 0 bridgehead atoms. The van der Waals surface area contributed by atoms with Gasteiger partial charge in [0, 0.05) is 6.42 Å². The molecule has 0 saturated heterocycles. The Kier molecular flexibility index (Phi) is 3.45. The topological polar surface area (TPSA) is 66.9 Å². The molecular weight excluding hydrogens is 176 g/mol. The lowest BCUT2D eigenvalue weighted by Gasteiger charge is -1.93. The van der Waals surface area contributed by atoms with Crippen LogP contribution in [0.5, 0.6) is 0 Å². The summed E-state index contributed by atoms with van der Waals surface area (Å²) in [7, 11) is 0. The minimum absolute atomic E-state index is 0.219. The van der Waals surface area contributed by atoms with Crippen LogP contribution in [0.3, 0.4) is 0 Å². The van der Waals surface area contributed by atoms with E-state index >= 15 is 0 Å². The van der Waals surface area contributed by atoms with Crippen LogP contribution in [0.2, 0.25) is 0 Å². The first-order valence-corrected chi connectivity index (χ1v) is 4.17. The number of nitrogens with zero attached hydrogens (tertiary/aromatic N) is 1. The van der Waals surface area contributed by atoms with Crippen molar-refractivity contribution in [2.45, 2.75) is 6.42 Å². The number of nitrogens with two attached hydrogens (primary N) is 1. The van der Waals surface area contributed by atoms with Crippen molar-refractivity contribution in [3.63, 3.8) is 0 Å². The van der Waals surface area contributed by atoms with Gasteiger partial charge in [-0.15, -0.1) is 0 Å². The smallest absolute Gasteiger partial charge is 0.221 e. The summed E-state index contributed by atoms with van der Waals surface area (Å²) >= 11 is 0.